The molecule has 24 heavy (non-hydrogen) atoms. The lowest BCUT2D eigenvalue weighted by Gasteiger charge is -2.33. The van der Waals surface area contributed by atoms with Gasteiger partial charge in [-0.2, -0.15) is 0 Å². The molecule has 5 heteroatoms. The number of aryl methyl sites for hydroxylation is 1. The Hall–Kier alpha value is -2.56. The van der Waals surface area contributed by atoms with Crippen molar-refractivity contribution in [3.63, 3.8) is 0 Å². The number of carbonyl (C=O) groups is 1. The predicted molar refractivity (Wildman–Crippen MR) is 96.4 cm³/mol. The highest BCUT2D eigenvalue weighted by Gasteiger charge is 2.30. The van der Waals surface area contributed by atoms with Crippen molar-refractivity contribution >= 4 is 12.1 Å². The molecule has 5 nitrogen and oxygen atoms in total. The van der Waals surface area contributed by atoms with Crippen LogP contribution in [0.25, 0.3) is 0 Å². The number of ether oxygens (including phenoxy) is 1. The molecule has 1 heterocycles. The van der Waals surface area contributed by atoms with Crippen molar-refractivity contribution in [1.29, 1.82) is 0 Å². The fourth-order valence-corrected chi connectivity index (χ4v) is 2.72. The van der Waals surface area contributed by atoms with Crippen LogP contribution in [0.2, 0.25) is 0 Å². The average molecular weight is 327 g/mol. The van der Waals surface area contributed by atoms with Crippen molar-refractivity contribution in [3.05, 3.63) is 59.8 Å². The van der Waals surface area contributed by atoms with E-state index in [0.29, 0.717) is 11.7 Å². The molecule has 1 aromatic carbocycles. The summed E-state index contributed by atoms with van der Waals surface area (Å²) < 4.78 is 5.49. The van der Waals surface area contributed by atoms with Crippen LogP contribution in [0.15, 0.2) is 53.6 Å². The van der Waals surface area contributed by atoms with Crippen molar-refractivity contribution in [2.75, 3.05) is 6.61 Å². The Morgan fingerprint density at radius 1 is 1.29 bits per heavy atom. The van der Waals surface area contributed by atoms with Gasteiger partial charge in [-0.15, -0.1) is 0 Å². The van der Waals surface area contributed by atoms with Crippen LogP contribution in [0.3, 0.4) is 0 Å². The van der Waals surface area contributed by atoms with Crippen molar-refractivity contribution in [3.8, 4) is 0 Å². The minimum absolute atomic E-state index is 0.0619. The molecular formula is C19H25N3O2. The van der Waals surface area contributed by atoms with E-state index in [1.54, 1.807) is 12.3 Å². The van der Waals surface area contributed by atoms with Gasteiger partial charge in [-0.1, -0.05) is 50.3 Å². The Morgan fingerprint density at radius 2 is 1.96 bits per heavy atom. The summed E-state index contributed by atoms with van der Waals surface area (Å²) >= 11 is 0. The average Bonchev–Trinajstić information content (AvgIpc) is 2.59. The molecule has 0 fully saturated rings. The SMILES string of the molecule is C=C1N=CC=C(OCC(=O)NC(CC)(CC)c2ccc(C)cc2)N1. The molecular weight excluding hydrogens is 302 g/mol. The summed E-state index contributed by atoms with van der Waals surface area (Å²) in [5.74, 6) is 0.804. The maximum Gasteiger partial charge on any atom is 0.258 e. The number of hydrogen-bond donors (Lipinski definition) is 2. The monoisotopic (exact) mass is 327 g/mol. The maximum atomic E-state index is 12.4. The first-order valence-electron chi connectivity index (χ1n) is 8.20. The first-order chi connectivity index (χ1) is 11.5. The molecule has 0 aromatic heterocycles. The van der Waals surface area contributed by atoms with Crippen LogP contribution < -0.4 is 10.6 Å². The third-order valence-corrected chi connectivity index (χ3v) is 4.27. The Kier molecular flexibility index (Phi) is 5.79. The summed E-state index contributed by atoms with van der Waals surface area (Å²) in [5.41, 5.74) is 1.93. The molecule has 1 aliphatic rings. The van der Waals surface area contributed by atoms with Crippen LogP contribution in [0.1, 0.15) is 37.8 Å². The summed E-state index contributed by atoms with van der Waals surface area (Å²) in [6.07, 6.45) is 4.86. The lowest BCUT2D eigenvalue weighted by atomic mass is 9.84. The molecule has 0 aliphatic carbocycles. The summed E-state index contributed by atoms with van der Waals surface area (Å²) in [4.78, 5) is 16.3. The van der Waals surface area contributed by atoms with Gasteiger partial charge in [-0.3, -0.25) is 4.79 Å². The van der Waals surface area contributed by atoms with Crippen LogP contribution in [0.4, 0.5) is 0 Å². The van der Waals surface area contributed by atoms with Crippen molar-refractivity contribution in [2.45, 2.75) is 39.2 Å². The Morgan fingerprint density at radius 3 is 2.54 bits per heavy atom. The van der Waals surface area contributed by atoms with Crippen molar-refractivity contribution in [2.24, 2.45) is 4.99 Å². The summed E-state index contributed by atoms with van der Waals surface area (Å²) in [5, 5.41) is 6.01. The van der Waals surface area contributed by atoms with E-state index in [4.69, 9.17) is 4.74 Å². The fourth-order valence-electron chi connectivity index (χ4n) is 2.72. The number of rotatable bonds is 7. The summed E-state index contributed by atoms with van der Waals surface area (Å²) in [6.45, 7) is 9.84. The van der Waals surface area contributed by atoms with E-state index in [0.717, 1.165) is 18.4 Å². The molecule has 0 spiro atoms. The smallest absolute Gasteiger partial charge is 0.258 e. The number of allylic oxidation sites excluding steroid dienone is 1. The number of hydrogen-bond acceptors (Lipinski definition) is 4. The van der Waals surface area contributed by atoms with Gasteiger partial charge in [0.1, 0.15) is 5.82 Å². The predicted octanol–water partition coefficient (Wildman–Crippen LogP) is 3.13. The van der Waals surface area contributed by atoms with Crippen LogP contribution >= 0.6 is 0 Å². The summed E-state index contributed by atoms with van der Waals surface area (Å²) in [7, 11) is 0. The molecule has 2 N–H and O–H groups in total. The van der Waals surface area contributed by atoms with E-state index in [2.05, 4.69) is 67.2 Å². The molecule has 0 atom stereocenters. The standard InChI is InChI=1S/C19H25N3O2/c1-5-19(6-2,16-9-7-14(3)8-10-16)22-17(23)13-24-18-11-12-20-15(4)21-18/h7-12,21H,4-6,13H2,1-3H3,(H,22,23). The Labute approximate surface area is 143 Å². The van der Waals surface area contributed by atoms with Gasteiger partial charge in [0.25, 0.3) is 5.91 Å². The molecule has 0 radical (unpaired) electrons. The van der Waals surface area contributed by atoms with Crippen LogP contribution in [0, 0.1) is 6.92 Å². The molecule has 1 amide bonds. The second-order valence-electron chi connectivity index (χ2n) is 5.87. The van der Waals surface area contributed by atoms with E-state index >= 15 is 0 Å². The number of aliphatic imine (C=N–C) groups is 1. The molecule has 1 aliphatic heterocycles. The number of amides is 1. The van der Waals surface area contributed by atoms with E-state index in [1.807, 2.05) is 0 Å². The van der Waals surface area contributed by atoms with Gasteiger partial charge in [0.05, 0.1) is 5.54 Å². The highest BCUT2D eigenvalue weighted by molar-refractivity contribution is 5.79. The molecule has 0 saturated carbocycles. The van der Waals surface area contributed by atoms with Gasteiger partial charge >= 0.3 is 0 Å². The first kappa shape index (κ1) is 17.8. The van der Waals surface area contributed by atoms with Crippen molar-refractivity contribution < 1.29 is 9.53 Å². The van der Waals surface area contributed by atoms with E-state index < -0.39 is 0 Å². The Balaban J connectivity index is 2.03. The minimum Gasteiger partial charge on any atom is -0.469 e. The maximum absolute atomic E-state index is 12.4. The van der Waals surface area contributed by atoms with E-state index in [9.17, 15) is 4.79 Å². The second-order valence-corrected chi connectivity index (χ2v) is 5.87. The third-order valence-electron chi connectivity index (χ3n) is 4.27. The molecule has 0 unspecified atom stereocenters. The van der Waals surface area contributed by atoms with E-state index in [1.165, 1.54) is 5.56 Å². The molecule has 128 valence electrons. The highest BCUT2D eigenvalue weighted by Crippen LogP contribution is 2.29. The zero-order valence-corrected chi connectivity index (χ0v) is 14.6. The number of carbonyl (C=O) groups excluding carboxylic acids is 1. The molecule has 1 aromatic rings. The zero-order chi connectivity index (χ0) is 17.6. The van der Waals surface area contributed by atoms with Gasteiger partial charge in [0.2, 0.25) is 0 Å². The van der Waals surface area contributed by atoms with Crippen LogP contribution in [-0.4, -0.2) is 18.7 Å². The first-order valence-corrected chi connectivity index (χ1v) is 8.20. The number of nitrogens with zero attached hydrogens (tertiary/aromatic N) is 1. The molecule has 0 saturated heterocycles. The number of nitrogens with one attached hydrogen (secondary N) is 2. The van der Waals surface area contributed by atoms with Crippen LogP contribution in [-0.2, 0) is 15.1 Å². The quantitative estimate of drug-likeness (QED) is 0.809. The Bertz CT molecular complexity index is 656. The minimum atomic E-state index is -0.381. The van der Waals surface area contributed by atoms with Gasteiger partial charge in [-0.05, 0) is 25.3 Å². The second kappa shape index (κ2) is 7.81. The third kappa shape index (κ3) is 4.25. The highest BCUT2D eigenvalue weighted by atomic mass is 16.5. The molecule has 2 rings (SSSR count). The van der Waals surface area contributed by atoms with Crippen LogP contribution in [0.5, 0.6) is 0 Å². The number of benzene rings is 1. The van der Waals surface area contributed by atoms with Gasteiger partial charge < -0.3 is 15.4 Å². The van der Waals surface area contributed by atoms with Gasteiger partial charge in [-0.25, -0.2) is 4.99 Å². The van der Waals surface area contributed by atoms with Crippen molar-refractivity contribution in [1.82, 2.24) is 10.6 Å². The normalized spacial score (nSPS) is 14.0. The summed E-state index contributed by atoms with van der Waals surface area (Å²) in [6, 6.07) is 8.30. The lowest BCUT2D eigenvalue weighted by molar-refractivity contribution is -0.126. The van der Waals surface area contributed by atoms with E-state index in [-0.39, 0.29) is 18.1 Å². The fraction of sp³-hybridized carbons (Fsp3) is 0.368. The lowest BCUT2D eigenvalue weighted by Crippen LogP contribution is -2.46. The largest absolute Gasteiger partial charge is 0.469 e. The van der Waals surface area contributed by atoms with Gasteiger partial charge in [0, 0.05) is 12.3 Å². The zero-order valence-electron chi connectivity index (χ0n) is 14.6. The van der Waals surface area contributed by atoms with Gasteiger partial charge in [0.15, 0.2) is 12.5 Å². The molecule has 0 bridgehead atoms. The topological polar surface area (TPSA) is 62.7 Å².